The summed E-state index contributed by atoms with van der Waals surface area (Å²) in [7, 11) is 0. The van der Waals surface area contributed by atoms with Gasteiger partial charge in [-0.25, -0.2) is 4.98 Å². The highest BCUT2D eigenvalue weighted by Gasteiger charge is 2.24. The molecule has 2 amide bonds. The molecule has 10 nitrogen and oxygen atoms in total. The van der Waals surface area contributed by atoms with E-state index in [1.165, 1.54) is 36.0 Å². The molecule has 4 rings (SSSR count). The molecule has 0 aliphatic heterocycles. The van der Waals surface area contributed by atoms with Crippen molar-refractivity contribution in [3.8, 4) is 0 Å². The number of non-ortho nitro benzene ring substituents is 1. The van der Waals surface area contributed by atoms with Crippen molar-refractivity contribution < 1.29 is 14.5 Å². The van der Waals surface area contributed by atoms with Crippen molar-refractivity contribution in [1.82, 2.24) is 20.5 Å². The van der Waals surface area contributed by atoms with Gasteiger partial charge in [0, 0.05) is 23.4 Å². The van der Waals surface area contributed by atoms with Gasteiger partial charge >= 0.3 is 0 Å². The maximum Gasteiger partial charge on any atom is 0.270 e. The highest BCUT2D eigenvalue weighted by atomic mass is 32.2. The van der Waals surface area contributed by atoms with Crippen LogP contribution in [0, 0.1) is 16.0 Å². The highest BCUT2D eigenvalue weighted by Crippen LogP contribution is 2.23. The summed E-state index contributed by atoms with van der Waals surface area (Å²) in [4.78, 5) is 40.1. The van der Waals surface area contributed by atoms with Crippen LogP contribution in [0.1, 0.15) is 36.1 Å². The van der Waals surface area contributed by atoms with Crippen molar-refractivity contribution in [3.05, 3.63) is 88.2 Å². The fourth-order valence-electron chi connectivity index (χ4n) is 3.59. The number of aromatic nitrogens is 3. The molecule has 3 N–H and O–H groups in total. The molecule has 1 heterocycles. The van der Waals surface area contributed by atoms with Crippen LogP contribution in [0.2, 0.25) is 0 Å². The van der Waals surface area contributed by atoms with Crippen LogP contribution in [0.3, 0.4) is 0 Å². The summed E-state index contributed by atoms with van der Waals surface area (Å²) >= 11 is 1.17. The number of carbonyl (C=O) groups excluding carboxylic acids is 2. The Hall–Kier alpha value is -4.25. The first-order chi connectivity index (χ1) is 17.3. The molecule has 0 saturated carbocycles. The Morgan fingerprint density at radius 2 is 1.83 bits per heavy atom. The van der Waals surface area contributed by atoms with Gasteiger partial charge in [-0.1, -0.05) is 62.0 Å². The number of nitro benzene ring substituents is 1. The normalized spacial score (nSPS) is 11.9. The van der Waals surface area contributed by atoms with Gasteiger partial charge in [0.25, 0.3) is 11.6 Å². The van der Waals surface area contributed by atoms with Crippen LogP contribution in [-0.2, 0) is 4.79 Å². The highest BCUT2D eigenvalue weighted by molar-refractivity contribution is 7.99. The number of rotatable bonds is 9. The molecular weight excluding hydrogens is 480 g/mol. The van der Waals surface area contributed by atoms with Crippen molar-refractivity contribution in [2.24, 2.45) is 5.92 Å². The number of anilines is 1. The van der Waals surface area contributed by atoms with Crippen molar-refractivity contribution in [1.29, 1.82) is 0 Å². The van der Waals surface area contributed by atoms with Crippen LogP contribution < -0.4 is 10.6 Å². The number of H-pyrrole nitrogens is 1. The standard InChI is InChI=1S/C25H24N6O4S/c1-15(2)22(27-24(33)18-8-5-9-20(13-18)31(34)35)23-28-25(30-29-23)36-14-21(32)26-19-11-10-16-6-3-4-7-17(16)12-19/h3-13,15,22H,14H2,1-2H3,(H,26,32)(H,27,33)(H,28,29,30)/t22-/m1/s1. The molecule has 1 atom stereocenters. The van der Waals surface area contributed by atoms with Crippen LogP contribution in [0.5, 0.6) is 0 Å². The van der Waals surface area contributed by atoms with Gasteiger partial charge in [-0.2, -0.15) is 0 Å². The Bertz CT molecular complexity index is 1420. The van der Waals surface area contributed by atoms with Crippen LogP contribution in [0.4, 0.5) is 11.4 Å². The monoisotopic (exact) mass is 504 g/mol. The van der Waals surface area contributed by atoms with Crippen LogP contribution in [0.25, 0.3) is 10.8 Å². The first-order valence-electron chi connectivity index (χ1n) is 11.2. The summed E-state index contributed by atoms with van der Waals surface area (Å²) in [6.45, 7) is 3.81. The zero-order valence-corrected chi connectivity index (χ0v) is 20.4. The van der Waals surface area contributed by atoms with Crippen molar-refractivity contribution in [2.45, 2.75) is 25.0 Å². The lowest BCUT2D eigenvalue weighted by Crippen LogP contribution is -2.32. The van der Waals surface area contributed by atoms with Gasteiger partial charge in [0.15, 0.2) is 0 Å². The molecule has 11 heteroatoms. The zero-order valence-electron chi connectivity index (χ0n) is 19.6. The van der Waals surface area contributed by atoms with Crippen LogP contribution >= 0.6 is 11.8 Å². The summed E-state index contributed by atoms with van der Waals surface area (Å²) in [5, 5.41) is 26.2. The number of thioether (sulfide) groups is 1. The molecule has 4 aromatic rings. The lowest BCUT2D eigenvalue weighted by atomic mass is 10.0. The number of nitro groups is 1. The second kappa shape index (κ2) is 11.0. The minimum absolute atomic E-state index is 0.0466. The lowest BCUT2D eigenvalue weighted by Gasteiger charge is -2.19. The van der Waals surface area contributed by atoms with Gasteiger partial charge < -0.3 is 10.6 Å². The lowest BCUT2D eigenvalue weighted by molar-refractivity contribution is -0.384. The van der Waals surface area contributed by atoms with Crippen LogP contribution in [-0.4, -0.2) is 37.7 Å². The molecule has 36 heavy (non-hydrogen) atoms. The number of hydrogen-bond acceptors (Lipinski definition) is 7. The van der Waals surface area contributed by atoms with Gasteiger partial charge in [-0.15, -0.1) is 5.10 Å². The van der Waals surface area contributed by atoms with Gasteiger partial charge in [0.1, 0.15) is 5.82 Å². The summed E-state index contributed by atoms with van der Waals surface area (Å²) < 4.78 is 0. The molecule has 184 valence electrons. The molecule has 3 aromatic carbocycles. The van der Waals surface area contributed by atoms with E-state index in [0.717, 1.165) is 10.8 Å². The van der Waals surface area contributed by atoms with Crippen molar-refractivity contribution >= 4 is 45.7 Å². The van der Waals surface area contributed by atoms with E-state index in [1.54, 1.807) is 0 Å². The molecule has 0 radical (unpaired) electrons. The number of benzene rings is 3. The maximum absolute atomic E-state index is 12.7. The zero-order chi connectivity index (χ0) is 25.7. The molecule has 0 bridgehead atoms. The molecular formula is C25H24N6O4S. The third kappa shape index (κ3) is 6.05. The Balaban J connectivity index is 1.37. The molecule has 0 spiro atoms. The molecule has 1 aromatic heterocycles. The summed E-state index contributed by atoms with van der Waals surface area (Å²) in [5.41, 5.74) is 0.720. The minimum atomic E-state index is -0.549. The summed E-state index contributed by atoms with van der Waals surface area (Å²) in [6, 6.07) is 18.6. The van der Waals surface area contributed by atoms with E-state index < -0.39 is 16.9 Å². The quantitative estimate of drug-likeness (QED) is 0.170. The Labute approximate surface area is 211 Å². The van der Waals surface area contributed by atoms with Gasteiger partial charge in [-0.05, 0) is 34.9 Å². The fourth-order valence-corrected chi connectivity index (χ4v) is 4.20. The Morgan fingerprint density at radius 1 is 1.06 bits per heavy atom. The van der Waals surface area contributed by atoms with Crippen LogP contribution in [0.15, 0.2) is 71.9 Å². The molecule has 0 unspecified atom stereocenters. The fraction of sp³-hybridized carbons (Fsp3) is 0.200. The van der Waals surface area contributed by atoms with Gasteiger partial charge in [0.2, 0.25) is 11.1 Å². The average Bonchev–Trinajstić information content (AvgIpc) is 3.34. The number of amides is 2. The van der Waals surface area contributed by atoms with E-state index in [-0.39, 0.29) is 28.8 Å². The smallest absolute Gasteiger partial charge is 0.270 e. The molecule has 0 aliphatic carbocycles. The minimum Gasteiger partial charge on any atom is -0.342 e. The maximum atomic E-state index is 12.7. The Kier molecular flexibility index (Phi) is 7.59. The largest absolute Gasteiger partial charge is 0.342 e. The predicted octanol–water partition coefficient (Wildman–Crippen LogP) is 4.72. The van der Waals surface area contributed by atoms with E-state index in [1.807, 2.05) is 56.3 Å². The number of nitrogens with zero attached hydrogens (tertiary/aromatic N) is 3. The number of hydrogen-bond donors (Lipinski definition) is 3. The van der Waals surface area contributed by atoms with Gasteiger partial charge in [0.05, 0.1) is 16.7 Å². The third-order valence-corrected chi connectivity index (χ3v) is 6.26. The number of fused-ring (bicyclic) bond motifs is 1. The molecule has 0 saturated heterocycles. The van der Waals surface area contributed by atoms with E-state index in [9.17, 15) is 19.7 Å². The molecule has 0 fully saturated rings. The second-order valence-electron chi connectivity index (χ2n) is 8.40. The van der Waals surface area contributed by atoms with Gasteiger partial charge in [-0.3, -0.25) is 24.8 Å². The van der Waals surface area contributed by atoms with E-state index in [2.05, 4.69) is 25.8 Å². The van der Waals surface area contributed by atoms with Crippen molar-refractivity contribution in [2.75, 3.05) is 11.1 Å². The Morgan fingerprint density at radius 3 is 2.58 bits per heavy atom. The number of carbonyl (C=O) groups is 2. The first kappa shape index (κ1) is 24.9. The predicted molar refractivity (Wildman–Crippen MR) is 138 cm³/mol. The molecule has 0 aliphatic rings. The first-order valence-corrected chi connectivity index (χ1v) is 12.2. The summed E-state index contributed by atoms with van der Waals surface area (Å²) in [5.74, 6) is -0.161. The summed E-state index contributed by atoms with van der Waals surface area (Å²) in [6.07, 6.45) is 0. The second-order valence-corrected chi connectivity index (χ2v) is 9.35. The topological polar surface area (TPSA) is 143 Å². The van der Waals surface area contributed by atoms with E-state index in [0.29, 0.717) is 16.7 Å². The van der Waals surface area contributed by atoms with Crippen molar-refractivity contribution in [3.63, 3.8) is 0 Å². The number of nitrogens with one attached hydrogen (secondary N) is 3. The number of aromatic amines is 1. The third-order valence-electron chi connectivity index (χ3n) is 5.41. The van der Waals surface area contributed by atoms with E-state index >= 15 is 0 Å². The average molecular weight is 505 g/mol. The SMILES string of the molecule is CC(C)[C@@H](NC(=O)c1cccc([N+](=O)[O-])c1)c1nc(SCC(=O)Nc2ccc3ccccc3c2)n[nH]1. The van der Waals surface area contributed by atoms with E-state index in [4.69, 9.17) is 0 Å².